The number of nitrogens with zero attached hydrogens (tertiary/aromatic N) is 5. The molecule has 1 saturated heterocycles. The number of amides is 1. The number of piperidine rings is 1. The second kappa shape index (κ2) is 6.92. The summed E-state index contributed by atoms with van der Waals surface area (Å²) in [4.78, 5) is 32.8. The minimum absolute atomic E-state index is 0.0128. The summed E-state index contributed by atoms with van der Waals surface area (Å²) in [6.45, 7) is 9.79. The van der Waals surface area contributed by atoms with Gasteiger partial charge < -0.3 is 4.90 Å². The molecule has 0 radical (unpaired) electrons. The molecule has 1 amide bonds. The van der Waals surface area contributed by atoms with E-state index in [-0.39, 0.29) is 28.5 Å². The first-order valence-electron chi connectivity index (χ1n) is 11.2. The summed E-state index contributed by atoms with van der Waals surface area (Å²) in [5.74, 6) is 0.206. The summed E-state index contributed by atoms with van der Waals surface area (Å²) >= 11 is 0. The lowest BCUT2D eigenvalue weighted by atomic mass is 9.71. The van der Waals surface area contributed by atoms with E-state index < -0.39 is 0 Å². The fourth-order valence-electron chi connectivity index (χ4n) is 5.16. The van der Waals surface area contributed by atoms with Gasteiger partial charge in [-0.25, -0.2) is 9.78 Å². The van der Waals surface area contributed by atoms with Crippen LogP contribution in [0.25, 0.3) is 16.7 Å². The van der Waals surface area contributed by atoms with Crippen molar-refractivity contribution in [2.75, 3.05) is 6.54 Å². The summed E-state index contributed by atoms with van der Waals surface area (Å²) < 4.78 is 3.46. The standard InChI is InChI=1S/C24H30N6O2/c1-23(2,3)14-29-19-7-6-17(26-20(19)28(5)22(29)32)16-12-24(4)10-8-15(16)13-30(24)21(31)18-9-11-25-27-18/h6-7,9,11-12,15H,8,10,13-14H2,1-5H3,(H,25,27). The predicted molar refractivity (Wildman–Crippen MR) is 123 cm³/mol. The topological polar surface area (TPSA) is 88.8 Å². The summed E-state index contributed by atoms with van der Waals surface area (Å²) in [7, 11) is 1.79. The number of carbonyl (C=O) groups excluding carboxylic acids is 1. The van der Waals surface area contributed by atoms with Crippen molar-refractivity contribution in [3.05, 3.63) is 52.3 Å². The minimum atomic E-state index is -0.368. The Bertz CT molecular complexity index is 1290. The van der Waals surface area contributed by atoms with E-state index in [1.54, 1.807) is 23.9 Å². The highest BCUT2D eigenvalue weighted by Gasteiger charge is 2.46. The molecule has 2 unspecified atom stereocenters. The van der Waals surface area contributed by atoms with Crippen molar-refractivity contribution in [3.8, 4) is 0 Å². The highest BCUT2D eigenvalue weighted by molar-refractivity contribution is 5.94. The van der Waals surface area contributed by atoms with Gasteiger partial charge in [-0.2, -0.15) is 5.10 Å². The average molecular weight is 435 g/mol. The molecule has 0 spiro atoms. The van der Waals surface area contributed by atoms with Crippen LogP contribution in [0.4, 0.5) is 0 Å². The average Bonchev–Trinajstić information content (AvgIpc) is 3.36. The largest absolute Gasteiger partial charge is 0.330 e. The van der Waals surface area contributed by atoms with Crippen molar-refractivity contribution in [2.45, 2.75) is 52.6 Å². The molecule has 2 aliphatic heterocycles. The van der Waals surface area contributed by atoms with Crippen LogP contribution in [0.1, 0.15) is 56.7 Å². The van der Waals surface area contributed by atoms with Crippen LogP contribution in [0.15, 0.2) is 35.3 Å². The number of pyridine rings is 1. The molecule has 0 saturated carbocycles. The van der Waals surface area contributed by atoms with Crippen LogP contribution < -0.4 is 5.69 Å². The van der Waals surface area contributed by atoms with E-state index in [1.165, 1.54) is 5.57 Å². The Kier molecular flexibility index (Phi) is 4.48. The molecule has 0 aromatic carbocycles. The number of imidazole rings is 1. The Morgan fingerprint density at radius 3 is 2.72 bits per heavy atom. The van der Waals surface area contributed by atoms with Crippen molar-refractivity contribution in [3.63, 3.8) is 0 Å². The van der Waals surface area contributed by atoms with Crippen LogP contribution in [0.5, 0.6) is 0 Å². The molecule has 32 heavy (non-hydrogen) atoms. The quantitative estimate of drug-likeness (QED) is 0.686. The van der Waals surface area contributed by atoms with Gasteiger partial charge in [-0.05, 0) is 49.0 Å². The lowest BCUT2D eigenvalue weighted by molar-refractivity contribution is 0.0403. The molecule has 8 heteroatoms. The number of aromatic nitrogens is 5. The van der Waals surface area contributed by atoms with Gasteiger partial charge >= 0.3 is 5.69 Å². The molecule has 6 rings (SSSR count). The van der Waals surface area contributed by atoms with E-state index in [4.69, 9.17) is 4.98 Å². The number of carbonyl (C=O) groups is 1. The van der Waals surface area contributed by atoms with Gasteiger partial charge in [-0.1, -0.05) is 26.8 Å². The molecule has 2 bridgehead atoms. The number of fused-ring (bicyclic) bond motifs is 3. The predicted octanol–water partition coefficient (Wildman–Crippen LogP) is 3.21. The van der Waals surface area contributed by atoms with Crippen LogP contribution in [-0.2, 0) is 13.6 Å². The Hall–Kier alpha value is -3.16. The molecule has 168 valence electrons. The van der Waals surface area contributed by atoms with Crippen molar-refractivity contribution in [2.24, 2.45) is 18.4 Å². The lowest BCUT2D eigenvalue weighted by Gasteiger charge is -2.51. The number of nitrogens with one attached hydrogen (secondary N) is 1. The number of hydrogen-bond acceptors (Lipinski definition) is 4. The maximum Gasteiger partial charge on any atom is 0.330 e. The second-order valence-corrected chi connectivity index (χ2v) is 10.6. The lowest BCUT2D eigenvalue weighted by Crippen LogP contribution is -2.57. The van der Waals surface area contributed by atoms with E-state index in [9.17, 15) is 9.59 Å². The molecular weight excluding hydrogens is 404 g/mol. The first-order chi connectivity index (χ1) is 15.1. The maximum absolute atomic E-state index is 13.0. The third kappa shape index (κ3) is 3.20. The van der Waals surface area contributed by atoms with Crippen molar-refractivity contribution in [1.82, 2.24) is 29.2 Å². The molecule has 3 aliphatic rings. The molecule has 1 N–H and O–H groups in total. The fourth-order valence-corrected chi connectivity index (χ4v) is 5.16. The zero-order valence-electron chi connectivity index (χ0n) is 19.3. The van der Waals surface area contributed by atoms with Gasteiger partial charge in [0, 0.05) is 32.3 Å². The van der Waals surface area contributed by atoms with E-state index in [0.29, 0.717) is 24.4 Å². The van der Waals surface area contributed by atoms with Gasteiger partial charge in [0.1, 0.15) is 5.69 Å². The third-order valence-corrected chi connectivity index (χ3v) is 6.81. The number of aryl methyl sites for hydroxylation is 1. The van der Waals surface area contributed by atoms with Crippen molar-refractivity contribution in [1.29, 1.82) is 0 Å². The fraction of sp³-hybridized carbons (Fsp3) is 0.500. The van der Waals surface area contributed by atoms with Gasteiger partial charge in [-0.15, -0.1) is 0 Å². The van der Waals surface area contributed by atoms with Crippen LogP contribution in [0.3, 0.4) is 0 Å². The molecule has 3 aromatic heterocycles. The summed E-state index contributed by atoms with van der Waals surface area (Å²) in [6.07, 6.45) is 5.74. The smallest absolute Gasteiger partial charge is 0.328 e. The number of H-pyrrole nitrogens is 1. The van der Waals surface area contributed by atoms with Gasteiger partial charge in [0.25, 0.3) is 5.91 Å². The highest BCUT2D eigenvalue weighted by Crippen LogP contribution is 2.45. The Morgan fingerprint density at radius 1 is 1.28 bits per heavy atom. The zero-order chi connectivity index (χ0) is 22.8. The van der Waals surface area contributed by atoms with Gasteiger partial charge in [0.2, 0.25) is 0 Å². The van der Waals surface area contributed by atoms with Gasteiger partial charge in [0.15, 0.2) is 5.65 Å². The van der Waals surface area contributed by atoms with Crippen molar-refractivity contribution >= 4 is 22.6 Å². The molecule has 3 aromatic rings. The van der Waals surface area contributed by atoms with E-state index in [2.05, 4.69) is 44.0 Å². The molecule has 1 aliphatic carbocycles. The summed E-state index contributed by atoms with van der Waals surface area (Å²) in [5, 5.41) is 6.72. The molecule has 2 atom stereocenters. The van der Waals surface area contributed by atoms with Gasteiger partial charge in [0.05, 0.1) is 16.7 Å². The van der Waals surface area contributed by atoms with Crippen molar-refractivity contribution < 1.29 is 4.79 Å². The van der Waals surface area contributed by atoms with Crippen LogP contribution in [-0.4, -0.2) is 47.2 Å². The van der Waals surface area contributed by atoms with Crippen LogP contribution in [0, 0.1) is 11.3 Å². The highest BCUT2D eigenvalue weighted by atomic mass is 16.2. The third-order valence-electron chi connectivity index (χ3n) is 6.81. The van der Waals surface area contributed by atoms with Gasteiger partial charge in [-0.3, -0.25) is 19.0 Å². The Labute approximate surface area is 186 Å². The van der Waals surface area contributed by atoms with E-state index in [0.717, 1.165) is 24.1 Å². The molecule has 5 heterocycles. The molecule has 1 fully saturated rings. The number of aromatic amines is 1. The van der Waals surface area contributed by atoms with E-state index >= 15 is 0 Å². The monoisotopic (exact) mass is 434 g/mol. The normalized spacial score (nSPS) is 23.1. The SMILES string of the molecule is Cn1c(=O)n(CC(C)(C)C)c2ccc(C3=CC4(C)CCC3CN4C(=O)c3ccn[nH]3)nc21. The minimum Gasteiger partial charge on any atom is -0.328 e. The molecular formula is C24H30N6O2. The molecule has 8 nitrogen and oxygen atoms in total. The first-order valence-corrected chi connectivity index (χ1v) is 11.2. The summed E-state index contributed by atoms with van der Waals surface area (Å²) in [6, 6.07) is 5.76. The summed E-state index contributed by atoms with van der Waals surface area (Å²) in [5.41, 5.74) is 3.73. The number of hydrogen-bond donors (Lipinski definition) is 1. The number of rotatable bonds is 3. The zero-order valence-corrected chi connectivity index (χ0v) is 19.3. The van der Waals surface area contributed by atoms with Crippen LogP contribution >= 0.6 is 0 Å². The Morgan fingerprint density at radius 2 is 2.06 bits per heavy atom. The van der Waals surface area contributed by atoms with E-state index in [1.807, 2.05) is 21.6 Å². The van der Waals surface area contributed by atoms with Crippen LogP contribution in [0.2, 0.25) is 0 Å². The Balaban J connectivity index is 1.54. The second-order valence-electron chi connectivity index (χ2n) is 10.6. The first kappa shape index (κ1) is 20.7. The maximum atomic E-state index is 13.0.